The first-order valence-electron chi connectivity index (χ1n) is 7.53. The molecule has 2 aromatic rings. The Labute approximate surface area is 140 Å². The Balaban J connectivity index is 1.51. The Kier molecular flexibility index (Phi) is 4.90. The molecule has 23 heavy (non-hydrogen) atoms. The standard InChI is InChI=1S/C15H20ClN7/c16-12-3-1-11(2-4-12)9-22-5-7-23(8-6-22)10-13-19-14(17)21-15(18)20-13/h1-4H,5-10H2,(H4,17,18,19,20,21). The highest BCUT2D eigenvalue weighted by molar-refractivity contribution is 6.30. The van der Waals surface area contributed by atoms with Crippen molar-refractivity contribution in [2.45, 2.75) is 13.1 Å². The minimum Gasteiger partial charge on any atom is -0.368 e. The molecule has 0 spiro atoms. The number of nitrogens with zero attached hydrogens (tertiary/aromatic N) is 5. The van der Waals surface area contributed by atoms with Crippen LogP contribution in [0.2, 0.25) is 5.02 Å². The molecule has 7 nitrogen and oxygen atoms in total. The fourth-order valence-electron chi connectivity index (χ4n) is 2.68. The molecule has 1 saturated heterocycles. The fourth-order valence-corrected chi connectivity index (χ4v) is 2.81. The third-order valence-electron chi connectivity index (χ3n) is 3.87. The maximum Gasteiger partial charge on any atom is 0.225 e. The summed E-state index contributed by atoms with van der Waals surface area (Å²) in [5, 5.41) is 0.773. The average molecular weight is 334 g/mol. The van der Waals surface area contributed by atoms with E-state index in [0.717, 1.165) is 37.7 Å². The molecule has 0 atom stereocenters. The normalized spacial score (nSPS) is 16.6. The van der Waals surface area contributed by atoms with Gasteiger partial charge >= 0.3 is 0 Å². The van der Waals surface area contributed by atoms with Gasteiger partial charge in [-0.2, -0.15) is 15.0 Å². The molecule has 0 unspecified atom stereocenters. The molecule has 8 heteroatoms. The third-order valence-corrected chi connectivity index (χ3v) is 4.12. The Morgan fingerprint density at radius 3 is 1.91 bits per heavy atom. The van der Waals surface area contributed by atoms with E-state index in [4.69, 9.17) is 23.1 Å². The number of benzene rings is 1. The SMILES string of the molecule is Nc1nc(N)nc(CN2CCN(Cc3ccc(Cl)cc3)CC2)n1. The largest absolute Gasteiger partial charge is 0.368 e. The molecular formula is C15H20ClN7. The molecule has 3 rings (SSSR count). The molecule has 1 aliphatic rings. The summed E-state index contributed by atoms with van der Waals surface area (Å²) in [6.07, 6.45) is 0. The molecule has 1 aliphatic heterocycles. The lowest BCUT2D eigenvalue weighted by Crippen LogP contribution is -2.45. The quantitative estimate of drug-likeness (QED) is 0.861. The second kappa shape index (κ2) is 7.08. The van der Waals surface area contributed by atoms with Crippen molar-refractivity contribution in [3.8, 4) is 0 Å². The van der Waals surface area contributed by atoms with Crippen LogP contribution in [0.1, 0.15) is 11.4 Å². The van der Waals surface area contributed by atoms with Crippen molar-refractivity contribution in [3.63, 3.8) is 0 Å². The van der Waals surface area contributed by atoms with Crippen LogP contribution in [0, 0.1) is 0 Å². The van der Waals surface area contributed by atoms with Crippen LogP contribution in [0.5, 0.6) is 0 Å². The zero-order valence-electron chi connectivity index (χ0n) is 12.8. The number of nitrogen functional groups attached to an aromatic ring is 2. The van der Waals surface area contributed by atoms with Gasteiger partial charge in [-0.05, 0) is 17.7 Å². The summed E-state index contributed by atoms with van der Waals surface area (Å²) < 4.78 is 0. The summed E-state index contributed by atoms with van der Waals surface area (Å²) in [5.74, 6) is 0.976. The van der Waals surface area contributed by atoms with Gasteiger partial charge in [0.25, 0.3) is 0 Å². The predicted molar refractivity (Wildman–Crippen MR) is 90.7 cm³/mol. The van der Waals surface area contributed by atoms with Crippen LogP contribution in [0.3, 0.4) is 0 Å². The van der Waals surface area contributed by atoms with Gasteiger partial charge in [-0.3, -0.25) is 9.80 Å². The van der Waals surface area contributed by atoms with E-state index < -0.39 is 0 Å². The van der Waals surface area contributed by atoms with Crippen LogP contribution >= 0.6 is 11.6 Å². The van der Waals surface area contributed by atoms with E-state index in [9.17, 15) is 0 Å². The van der Waals surface area contributed by atoms with Crippen molar-refractivity contribution >= 4 is 23.5 Å². The van der Waals surface area contributed by atoms with Gasteiger partial charge in [-0.25, -0.2) is 0 Å². The van der Waals surface area contributed by atoms with Crippen LogP contribution < -0.4 is 11.5 Å². The van der Waals surface area contributed by atoms with Crippen LogP contribution in [0.15, 0.2) is 24.3 Å². The molecule has 122 valence electrons. The van der Waals surface area contributed by atoms with Gasteiger partial charge in [0.15, 0.2) is 0 Å². The first-order chi connectivity index (χ1) is 11.1. The van der Waals surface area contributed by atoms with Gasteiger partial charge in [0.2, 0.25) is 11.9 Å². The Morgan fingerprint density at radius 2 is 1.35 bits per heavy atom. The molecule has 0 bridgehead atoms. The summed E-state index contributed by atoms with van der Waals surface area (Å²) in [5.41, 5.74) is 12.5. The molecule has 1 aromatic heterocycles. The lowest BCUT2D eigenvalue weighted by Gasteiger charge is -2.34. The van der Waals surface area contributed by atoms with Gasteiger partial charge in [-0.1, -0.05) is 23.7 Å². The fraction of sp³-hybridized carbons (Fsp3) is 0.400. The molecule has 1 aromatic carbocycles. The number of anilines is 2. The first-order valence-corrected chi connectivity index (χ1v) is 7.91. The summed E-state index contributed by atoms with van der Waals surface area (Å²) in [6.45, 7) is 5.50. The lowest BCUT2D eigenvalue weighted by molar-refractivity contribution is 0.120. The van der Waals surface area contributed by atoms with Crippen LogP contribution in [0.4, 0.5) is 11.9 Å². The number of piperazine rings is 1. The van der Waals surface area contributed by atoms with E-state index in [1.54, 1.807) is 0 Å². The molecule has 0 radical (unpaired) electrons. The van der Waals surface area contributed by atoms with Crippen LogP contribution in [-0.2, 0) is 13.1 Å². The molecule has 0 amide bonds. The number of hydrogen-bond acceptors (Lipinski definition) is 7. The Hall–Kier alpha value is -1.96. The topological polar surface area (TPSA) is 97.2 Å². The second-order valence-electron chi connectivity index (χ2n) is 5.65. The molecule has 4 N–H and O–H groups in total. The number of nitrogens with two attached hydrogens (primary N) is 2. The third kappa shape index (κ3) is 4.51. The van der Waals surface area contributed by atoms with Crippen molar-refractivity contribution < 1.29 is 0 Å². The maximum absolute atomic E-state index is 5.92. The molecule has 2 heterocycles. The molecule has 0 aliphatic carbocycles. The van der Waals surface area contributed by atoms with Crippen molar-refractivity contribution in [3.05, 3.63) is 40.7 Å². The molecule has 0 saturated carbocycles. The summed E-state index contributed by atoms with van der Waals surface area (Å²) >= 11 is 5.92. The summed E-state index contributed by atoms with van der Waals surface area (Å²) in [6, 6.07) is 8.02. The highest BCUT2D eigenvalue weighted by atomic mass is 35.5. The Bertz CT molecular complexity index is 633. The van der Waals surface area contributed by atoms with E-state index in [2.05, 4.69) is 36.9 Å². The minimum atomic E-state index is 0.175. The lowest BCUT2D eigenvalue weighted by atomic mass is 10.2. The summed E-state index contributed by atoms with van der Waals surface area (Å²) in [4.78, 5) is 16.8. The number of rotatable bonds is 4. The van der Waals surface area contributed by atoms with Gasteiger partial charge in [0.1, 0.15) is 5.82 Å². The average Bonchev–Trinajstić information content (AvgIpc) is 2.50. The molecular weight excluding hydrogens is 314 g/mol. The summed E-state index contributed by atoms with van der Waals surface area (Å²) in [7, 11) is 0. The smallest absolute Gasteiger partial charge is 0.225 e. The van der Waals surface area contributed by atoms with Gasteiger partial charge in [-0.15, -0.1) is 0 Å². The Morgan fingerprint density at radius 1 is 0.826 bits per heavy atom. The van der Waals surface area contributed by atoms with Gasteiger partial charge in [0, 0.05) is 37.7 Å². The minimum absolute atomic E-state index is 0.175. The van der Waals surface area contributed by atoms with Crippen LogP contribution in [0.25, 0.3) is 0 Å². The van der Waals surface area contributed by atoms with Crippen LogP contribution in [-0.4, -0.2) is 50.9 Å². The second-order valence-corrected chi connectivity index (χ2v) is 6.08. The van der Waals surface area contributed by atoms with E-state index in [-0.39, 0.29) is 11.9 Å². The van der Waals surface area contributed by atoms with Gasteiger partial charge in [0.05, 0.1) is 6.54 Å². The van der Waals surface area contributed by atoms with Gasteiger partial charge < -0.3 is 11.5 Å². The first kappa shape index (κ1) is 15.9. The molecule has 1 fully saturated rings. The zero-order chi connectivity index (χ0) is 16.2. The van der Waals surface area contributed by atoms with Crippen molar-refractivity contribution in [2.24, 2.45) is 0 Å². The van der Waals surface area contributed by atoms with E-state index in [1.807, 2.05) is 12.1 Å². The van der Waals surface area contributed by atoms with Crippen molar-refractivity contribution in [2.75, 3.05) is 37.6 Å². The zero-order valence-corrected chi connectivity index (χ0v) is 13.6. The van der Waals surface area contributed by atoms with Crippen molar-refractivity contribution in [1.29, 1.82) is 0 Å². The monoisotopic (exact) mass is 333 g/mol. The van der Waals surface area contributed by atoms with E-state index in [1.165, 1.54) is 5.56 Å². The highest BCUT2D eigenvalue weighted by Crippen LogP contribution is 2.13. The van der Waals surface area contributed by atoms with E-state index in [0.29, 0.717) is 12.4 Å². The van der Waals surface area contributed by atoms with Crippen molar-refractivity contribution in [1.82, 2.24) is 24.8 Å². The van der Waals surface area contributed by atoms with E-state index >= 15 is 0 Å². The number of hydrogen-bond donors (Lipinski definition) is 2. The highest BCUT2D eigenvalue weighted by Gasteiger charge is 2.18. The number of aromatic nitrogens is 3. The number of halogens is 1. The maximum atomic E-state index is 5.92. The predicted octanol–water partition coefficient (Wildman–Crippen LogP) is 1.01.